The molecule has 0 spiro atoms. The van der Waals surface area contributed by atoms with Crippen molar-refractivity contribution in [2.45, 2.75) is 13.3 Å². The molecule has 0 aliphatic rings. The Kier molecular flexibility index (Phi) is 8.36. The van der Waals surface area contributed by atoms with E-state index in [4.69, 9.17) is 27.7 Å². The van der Waals surface area contributed by atoms with Crippen LogP contribution in [0.2, 0.25) is 0 Å². The molecule has 3 nitrogen and oxygen atoms in total. The van der Waals surface area contributed by atoms with Gasteiger partial charge in [-0.05, 0) is 6.42 Å². The van der Waals surface area contributed by atoms with E-state index in [9.17, 15) is 4.57 Å². The van der Waals surface area contributed by atoms with Gasteiger partial charge in [0.1, 0.15) is 0 Å². The molecular weight excluding hydrogens is 244 g/mol. The molecule has 1 unspecified atom stereocenters. The number of hydrogen-bond donors (Lipinski definition) is 0. The average Bonchev–Trinajstić information content (AvgIpc) is 2.14. The van der Waals surface area contributed by atoms with Crippen LogP contribution >= 0.6 is 30.7 Å². The van der Waals surface area contributed by atoms with Gasteiger partial charge in [0.25, 0.3) is 7.52 Å². The number of hydrogen-bond acceptors (Lipinski definition) is 2. The lowest BCUT2D eigenvalue weighted by atomic mass is 10.5. The lowest BCUT2D eigenvalue weighted by molar-refractivity contribution is 0.270. The van der Waals surface area contributed by atoms with Crippen molar-refractivity contribution >= 4 is 30.7 Å². The molecule has 0 aromatic rings. The highest BCUT2D eigenvalue weighted by Crippen LogP contribution is 2.46. The van der Waals surface area contributed by atoms with E-state index >= 15 is 0 Å². The fraction of sp³-hybridized carbons (Fsp3) is 1.00. The van der Waals surface area contributed by atoms with E-state index in [-0.39, 0.29) is 0 Å². The van der Waals surface area contributed by atoms with E-state index in [1.54, 1.807) is 11.3 Å². The highest BCUT2D eigenvalue weighted by molar-refractivity contribution is 7.55. The molecule has 0 N–H and O–H groups in total. The molecule has 0 aromatic heterocycles. The maximum atomic E-state index is 12.0. The van der Waals surface area contributed by atoms with Crippen molar-refractivity contribution in [2.24, 2.45) is 0 Å². The van der Waals surface area contributed by atoms with Gasteiger partial charge >= 0.3 is 0 Å². The Hall–Kier alpha value is 0.730. The highest BCUT2D eigenvalue weighted by Gasteiger charge is 2.24. The second kappa shape index (κ2) is 7.95. The number of alkyl halides is 2. The summed E-state index contributed by atoms with van der Waals surface area (Å²) in [5.41, 5.74) is 0. The summed E-state index contributed by atoms with van der Waals surface area (Å²) >= 11 is 11.2. The van der Waals surface area contributed by atoms with Gasteiger partial charge in [-0.15, -0.1) is 23.2 Å². The molecule has 14 heavy (non-hydrogen) atoms. The van der Waals surface area contributed by atoms with Crippen LogP contribution in [0.3, 0.4) is 0 Å². The van der Waals surface area contributed by atoms with Gasteiger partial charge in [0.15, 0.2) is 0 Å². The van der Waals surface area contributed by atoms with Crippen LogP contribution in [0.15, 0.2) is 0 Å². The molecule has 0 fully saturated rings. The zero-order valence-electron chi connectivity index (χ0n) is 8.71. The summed E-state index contributed by atoms with van der Waals surface area (Å²) in [7, 11) is -2.69. The van der Waals surface area contributed by atoms with E-state index < -0.39 is 7.52 Å². The summed E-state index contributed by atoms with van der Waals surface area (Å²) in [5.74, 6) is 0.869. The van der Waals surface area contributed by atoms with Crippen molar-refractivity contribution in [1.29, 1.82) is 0 Å². The average molecular weight is 262 g/mol. The quantitative estimate of drug-likeness (QED) is 0.497. The van der Waals surface area contributed by atoms with E-state index in [1.807, 2.05) is 6.92 Å². The van der Waals surface area contributed by atoms with E-state index in [0.717, 1.165) is 6.42 Å². The molecule has 0 saturated heterocycles. The van der Waals surface area contributed by atoms with Crippen LogP contribution in [0.5, 0.6) is 0 Å². The Morgan fingerprint density at radius 2 is 1.79 bits per heavy atom. The second-order valence-corrected chi connectivity index (χ2v) is 6.15. The molecule has 0 heterocycles. The molecule has 0 rings (SSSR count). The predicted molar refractivity (Wildman–Crippen MR) is 62.8 cm³/mol. The third kappa shape index (κ3) is 5.57. The second-order valence-electron chi connectivity index (χ2n) is 2.97. The largest absolute Gasteiger partial charge is 0.318 e. The zero-order valence-corrected chi connectivity index (χ0v) is 11.1. The van der Waals surface area contributed by atoms with Crippen molar-refractivity contribution in [1.82, 2.24) is 4.67 Å². The number of halogens is 2. The van der Waals surface area contributed by atoms with Crippen molar-refractivity contribution < 1.29 is 9.09 Å². The first-order valence-electron chi connectivity index (χ1n) is 4.68. The van der Waals surface area contributed by atoms with E-state index in [2.05, 4.69) is 0 Å². The molecule has 0 bridgehead atoms. The number of nitrogens with zero attached hydrogens (tertiary/aromatic N) is 1. The first-order chi connectivity index (χ1) is 6.58. The van der Waals surface area contributed by atoms with Crippen LogP contribution in [-0.2, 0) is 9.09 Å². The maximum absolute atomic E-state index is 12.0. The van der Waals surface area contributed by atoms with Crippen LogP contribution < -0.4 is 0 Å². The van der Waals surface area contributed by atoms with Gasteiger partial charge in [-0.1, -0.05) is 6.92 Å². The molecule has 0 aliphatic heterocycles. The minimum atomic E-state index is -2.69. The standard InChI is InChI=1S/C8H18Cl2NO2P/c1-3-8-13-14(2,12)11(6-4-9)7-5-10/h3-8H2,1-2H3. The Balaban J connectivity index is 4.21. The highest BCUT2D eigenvalue weighted by atomic mass is 35.5. The molecule has 0 aromatic carbocycles. The summed E-state index contributed by atoms with van der Waals surface area (Å²) in [6, 6.07) is 0. The van der Waals surface area contributed by atoms with Crippen molar-refractivity contribution in [2.75, 3.05) is 38.1 Å². The maximum Gasteiger partial charge on any atom is 0.269 e. The predicted octanol–water partition coefficient (Wildman–Crippen LogP) is 3.02. The van der Waals surface area contributed by atoms with Gasteiger partial charge in [-0.2, -0.15) is 0 Å². The lowest BCUT2D eigenvalue weighted by Crippen LogP contribution is -2.25. The van der Waals surface area contributed by atoms with Gasteiger partial charge < -0.3 is 4.52 Å². The molecule has 86 valence electrons. The molecule has 0 amide bonds. The van der Waals surface area contributed by atoms with Crippen LogP contribution in [-0.4, -0.2) is 42.8 Å². The van der Waals surface area contributed by atoms with Crippen molar-refractivity contribution in [3.05, 3.63) is 0 Å². The van der Waals surface area contributed by atoms with Gasteiger partial charge in [-0.3, -0.25) is 4.57 Å². The van der Waals surface area contributed by atoms with Gasteiger partial charge in [0.2, 0.25) is 0 Å². The normalized spacial score (nSPS) is 15.8. The molecule has 0 aliphatic carbocycles. The van der Waals surface area contributed by atoms with Crippen molar-refractivity contribution in [3.63, 3.8) is 0 Å². The fourth-order valence-corrected chi connectivity index (χ4v) is 3.27. The fourth-order valence-electron chi connectivity index (χ4n) is 1.01. The molecular formula is C8H18Cl2NO2P. The van der Waals surface area contributed by atoms with E-state index in [1.165, 1.54) is 0 Å². The van der Waals surface area contributed by atoms with Gasteiger partial charge in [0.05, 0.1) is 6.61 Å². The Morgan fingerprint density at radius 3 is 2.14 bits per heavy atom. The zero-order chi connectivity index (χ0) is 11.0. The Labute approximate surface area is 96.2 Å². The van der Waals surface area contributed by atoms with Crippen LogP contribution in [0.1, 0.15) is 13.3 Å². The summed E-state index contributed by atoms with van der Waals surface area (Å²) in [5, 5.41) is 0. The summed E-state index contributed by atoms with van der Waals surface area (Å²) < 4.78 is 19.1. The minimum Gasteiger partial charge on any atom is -0.318 e. The Bertz CT molecular complexity index is 186. The smallest absolute Gasteiger partial charge is 0.269 e. The topological polar surface area (TPSA) is 29.5 Å². The third-order valence-corrected chi connectivity index (χ3v) is 4.16. The number of rotatable bonds is 8. The molecule has 1 atom stereocenters. The van der Waals surface area contributed by atoms with Crippen molar-refractivity contribution in [3.8, 4) is 0 Å². The molecule has 0 saturated carbocycles. The van der Waals surface area contributed by atoms with Crippen LogP contribution in [0.4, 0.5) is 0 Å². The summed E-state index contributed by atoms with van der Waals surface area (Å²) in [6.45, 7) is 5.20. The summed E-state index contributed by atoms with van der Waals surface area (Å²) in [6.07, 6.45) is 0.855. The summed E-state index contributed by atoms with van der Waals surface area (Å²) in [4.78, 5) is 0. The molecule has 0 radical (unpaired) electrons. The van der Waals surface area contributed by atoms with Crippen LogP contribution in [0, 0.1) is 0 Å². The van der Waals surface area contributed by atoms with Gasteiger partial charge in [0, 0.05) is 31.5 Å². The Morgan fingerprint density at radius 1 is 1.29 bits per heavy atom. The third-order valence-electron chi connectivity index (χ3n) is 1.73. The van der Waals surface area contributed by atoms with E-state index in [0.29, 0.717) is 31.5 Å². The SMILES string of the molecule is CCCOP(C)(=O)N(CCCl)CCCl. The lowest BCUT2D eigenvalue weighted by Gasteiger charge is -2.27. The van der Waals surface area contributed by atoms with Gasteiger partial charge in [-0.25, -0.2) is 4.67 Å². The minimum absolute atomic E-state index is 0.435. The molecule has 6 heteroatoms. The first kappa shape index (κ1) is 14.7. The van der Waals surface area contributed by atoms with Crippen LogP contribution in [0.25, 0.3) is 0 Å². The monoisotopic (exact) mass is 261 g/mol. The first-order valence-corrected chi connectivity index (χ1v) is 7.77.